The molecule has 1 aliphatic heterocycles. The Morgan fingerprint density at radius 1 is 0.892 bits per heavy atom. The topological polar surface area (TPSA) is 8.29 Å². The van der Waals surface area contributed by atoms with Crippen LogP contribution in [-0.2, 0) is 17.4 Å². The van der Waals surface area contributed by atoms with E-state index in [0.717, 1.165) is 12.8 Å². The molecular formula is C35H39N2+. The van der Waals surface area contributed by atoms with E-state index in [2.05, 4.69) is 118 Å². The molecule has 0 bridgehead atoms. The highest BCUT2D eigenvalue weighted by molar-refractivity contribution is 6.14. The van der Waals surface area contributed by atoms with Crippen molar-refractivity contribution in [2.75, 3.05) is 0 Å². The van der Waals surface area contributed by atoms with E-state index in [4.69, 9.17) is 0 Å². The Kier molecular flexibility index (Phi) is 4.51. The number of imidazole rings is 1. The predicted octanol–water partition coefficient (Wildman–Crippen LogP) is 8.58. The molecule has 2 nitrogen and oxygen atoms in total. The van der Waals surface area contributed by atoms with Gasteiger partial charge in [0, 0.05) is 28.2 Å². The van der Waals surface area contributed by atoms with E-state index in [1.54, 1.807) is 5.56 Å². The Labute approximate surface area is 220 Å². The van der Waals surface area contributed by atoms with Gasteiger partial charge in [-0.25, -0.2) is 4.57 Å². The first-order valence-corrected chi connectivity index (χ1v) is 14.2. The van der Waals surface area contributed by atoms with E-state index in [0.29, 0.717) is 0 Å². The first-order chi connectivity index (χ1) is 17.7. The lowest BCUT2D eigenvalue weighted by Crippen LogP contribution is -2.52. The van der Waals surface area contributed by atoms with Gasteiger partial charge in [0.1, 0.15) is 17.3 Å². The van der Waals surface area contributed by atoms with Crippen LogP contribution >= 0.6 is 0 Å². The van der Waals surface area contributed by atoms with E-state index in [9.17, 15) is 0 Å². The Morgan fingerprint density at radius 3 is 2.30 bits per heavy atom. The van der Waals surface area contributed by atoms with Crippen molar-refractivity contribution in [3.8, 4) is 11.3 Å². The van der Waals surface area contributed by atoms with Crippen molar-refractivity contribution in [2.24, 2.45) is 5.41 Å². The van der Waals surface area contributed by atoms with Crippen LogP contribution in [0.2, 0.25) is 0 Å². The van der Waals surface area contributed by atoms with Crippen LogP contribution in [0, 0.1) is 19.3 Å². The molecule has 37 heavy (non-hydrogen) atoms. The van der Waals surface area contributed by atoms with Gasteiger partial charge in [-0.05, 0) is 72.9 Å². The summed E-state index contributed by atoms with van der Waals surface area (Å²) in [6, 6.07) is 21.1. The molecule has 2 heteroatoms. The molecule has 2 aliphatic rings. The van der Waals surface area contributed by atoms with Crippen molar-refractivity contribution in [2.45, 2.75) is 85.1 Å². The Balaban J connectivity index is 1.71. The number of rotatable bonds is 4. The molecule has 7 rings (SSSR count). The first-order valence-electron chi connectivity index (χ1n) is 14.2. The summed E-state index contributed by atoms with van der Waals surface area (Å²) in [6.07, 6.45) is 7.18. The van der Waals surface area contributed by atoms with Crippen LogP contribution in [0.1, 0.15) is 76.1 Å². The largest absolute Gasteiger partial charge is 0.296 e. The molecule has 2 atom stereocenters. The molecule has 0 N–H and O–H groups in total. The summed E-state index contributed by atoms with van der Waals surface area (Å²) in [6.45, 7) is 16.4. The van der Waals surface area contributed by atoms with Gasteiger partial charge in [-0.2, -0.15) is 4.40 Å². The minimum Gasteiger partial charge on any atom is -0.223 e. The van der Waals surface area contributed by atoms with Crippen LogP contribution in [0.4, 0.5) is 0 Å². The predicted molar refractivity (Wildman–Crippen MR) is 156 cm³/mol. The molecular weight excluding hydrogens is 448 g/mol. The minimum absolute atomic E-state index is 0.170. The van der Waals surface area contributed by atoms with Crippen molar-refractivity contribution in [1.82, 2.24) is 4.40 Å². The van der Waals surface area contributed by atoms with Crippen LogP contribution in [0.3, 0.4) is 0 Å². The highest BCUT2D eigenvalue weighted by Gasteiger charge is 2.73. The fraction of sp³-hybridized carbons (Fsp3) is 0.400. The molecule has 1 aliphatic carbocycles. The standard InChI is InChI=1S/C35H39N2/c1-8-34-21-35(34,9-2)36-20-29(30-22(3)12-10-13-23(30)4)37-28-17-16-24(19-33(5,6)7)18-26(28)25-14-11-15-27(34)31(25)32(36)37/h10-18,20H,8-9,19,21H2,1-7H3/q+1. The van der Waals surface area contributed by atoms with Crippen molar-refractivity contribution >= 4 is 27.3 Å². The van der Waals surface area contributed by atoms with Gasteiger partial charge in [0.2, 0.25) is 0 Å². The second-order valence-electron chi connectivity index (χ2n) is 13.1. The fourth-order valence-electron chi connectivity index (χ4n) is 8.19. The average molecular weight is 488 g/mol. The normalized spacial score (nSPS) is 22.4. The maximum atomic E-state index is 2.72. The molecule has 0 spiro atoms. The Morgan fingerprint density at radius 2 is 1.62 bits per heavy atom. The quantitative estimate of drug-likeness (QED) is 0.177. The van der Waals surface area contributed by atoms with Crippen LogP contribution in [0.15, 0.2) is 60.8 Å². The number of nitrogens with zero attached hydrogens (tertiary/aromatic N) is 2. The second-order valence-corrected chi connectivity index (χ2v) is 13.1. The number of fused-ring (bicyclic) bond motifs is 6. The monoisotopic (exact) mass is 487 g/mol. The van der Waals surface area contributed by atoms with Crippen LogP contribution in [0.25, 0.3) is 38.6 Å². The molecule has 188 valence electrons. The Hall–Kier alpha value is -3.13. The van der Waals surface area contributed by atoms with Gasteiger partial charge >= 0.3 is 0 Å². The first kappa shape index (κ1) is 23.0. The van der Waals surface area contributed by atoms with Crippen LogP contribution in [0.5, 0.6) is 0 Å². The maximum Gasteiger partial charge on any atom is 0.296 e. The summed E-state index contributed by atoms with van der Waals surface area (Å²) in [5.41, 5.74) is 11.8. The van der Waals surface area contributed by atoms with Crippen molar-refractivity contribution in [3.63, 3.8) is 0 Å². The summed E-state index contributed by atoms with van der Waals surface area (Å²) in [7, 11) is 0. The zero-order valence-electron chi connectivity index (χ0n) is 23.5. The molecule has 3 heterocycles. The molecule has 2 aromatic heterocycles. The molecule has 0 amide bonds. The summed E-state index contributed by atoms with van der Waals surface area (Å²) in [5, 5.41) is 4.28. The van der Waals surface area contributed by atoms with Gasteiger partial charge in [-0.15, -0.1) is 0 Å². The van der Waals surface area contributed by atoms with Gasteiger partial charge < -0.3 is 0 Å². The molecule has 0 saturated heterocycles. The molecule has 3 aromatic carbocycles. The van der Waals surface area contributed by atoms with Gasteiger partial charge in [-0.3, -0.25) is 0 Å². The van der Waals surface area contributed by atoms with Gasteiger partial charge in [0.05, 0.1) is 5.39 Å². The third kappa shape index (κ3) is 2.79. The summed E-state index contributed by atoms with van der Waals surface area (Å²) < 4.78 is 5.34. The van der Waals surface area contributed by atoms with Gasteiger partial charge in [0.25, 0.3) is 5.65 Å². The third-order valence-corrected chi connectivity index (χ3v) is 9.81. The van der Waals surface area contributed by atoms with Gasteiger partial charge in [0.15, 0.2) is 5.69 Å². The van der Waals surface area contributed by atoms with E-state index >= 15 is 0 Å². The van der Waals surface area contributed by atoms with Crippen LogP contribution in [-0.4, -0.2) is 4.40 Å². The lowest BCUT2D eigenvalue weighted by atomic mass is 9.81. The highest BCUT2D eigenvalue weighted by Crippen LogP contribution is 2.67. The second kappa shape index (κ2) is 7.25. The van der Waals surface area contributed by atoms with E-state index in [-0.39, 0.29) is 16.4 Å². The molecule has 1 saturated carbocycles. The van der Waals surface area contributed by atoms with E-state index in [1.807, 2.05) is 0 Å². The van der Waals surface area contributed by atoms with Crippen molar-refractivity contribution < 1.29 is 4.57 Å². The average Bonchev–Trinajstić information content (AvgIpc) is 3.41. The van der Waals surface area contributed by atoms with Crippen molar-refractivity contribution in [3.05, 3.63) is 83.0 Å². The minimum atomic E-state index is 0.170. The molecule has 1 fully saturated rings. The van der Waals surface area contributed by atoms with E-state index in [1.165, 1.54) is 68.1 Å². The SMILES string of the molecule is CCC12CC1(CC)[n+]1cc(-c3c(C)cccc3C)n3c4ccc(CC(C)(C)C)cc4c4cccc2c4c31. The number of aromatic nitrogens is 2. The zero-order chi connectivity index (χ0) is 25.9. The number of pyridine rings is 1. The van der Waals surface area contributed by atoms with Crippen LogP contribution < -0.4 is 4.57 Å². The molecule has 2 unspecified atom stereocenters. The van der Waals surface area contributed by atoms with E-state index < -0.39 is 0 Å². The summed E-state index contributed by atoms with van der Waals surface area (Å²) >= 11 is 0. The van der Waals surface area contributed by atoms with Crippen molar-refractivity contribution in [1.29, 1.82) is 0 Å². The fourth-order valence-corrected chi connectivity index (χ4v) is 8.19. The smallest absolute Gasteiger partial charge is 0.223 e. The third-order valence-electron chi connectivity index (χ3n) is 9.81. The number of hydrogen-bond donors (Lipinski definition) is 0. The number of aryl methyl sites for hydroxylation is 2. The lowest BCUT2D eigenvalue weighted by molar-refractivity contribution is -0.720. The highest BCUT2D eigenvalue weighted by atomic mass is 15.2. The lowest BCUT2D eigenvalue weighted by Gasteiger charge is -2.28. The number of hydrogen-bond acceptors (Lipinski definition) is 0. The Bertz CT molecular complexity index is 1740. The summed E-state index contributed by atoms with van der Waals surface area (Å²) in [4.78, 5) is 0. The summed E-state index contributed by atoms with van der Waals surface area (Å²) in [5.74, 6) is 0. The molecule has 5 aromatic rings. The maximum absolute atomic E-state index is 2.72. The number of benzene rings is 3. The molecule has 0 radical (unpaired) electrons. The van der Waals surface area contributed by atoms with Gasteiger partial charge in [-0.1, -0.05) is 77.1 Å². The zero-order valence-corrected chi connectivity index (χ0v) is 23.5.